The van der Waals surface area contributed by atoms with E-state index in [1.165, 1.54) is 0 Å². The molecule has 1 rings (SSSR count). The van der Waals surface area contributed by atoms with Crippen molar-refractivity contribution in [3.05, 3.63) is 0 Å². The van der Waals surface area contributed by atoms with Crippen LogP contribution in [0.25, 0.3) is 0 Å². The molecule has 1 atom stereocenters. The molecule has 48 valence electrons. The molecule has 1 unspecified atom stereocenters. The Balaban J connectivity index is 2.62. The quantitative estimate of drug-likeness (QED) is 0.487. The van der Waals surface area contributed by atoms with E-state index in [4.69, 9.17) is 1.37 Å². The van der Waals surface area contributed by atoms with Gasteiger partial charge in [-0.25, -0.2) is 8.42 Å². The van der Waals surface area contributed by atoms with E-state index in [1.807, 2.05) is 0 Å². The molecule has 3 heteroatoms. The van der Waals surface area contributed by atoms with Gasteiger partial charge in [-0.3, -0.25) is 0 Å². The first-order valence-corrected chi connectivity index (χ1v) is 4.55. The second-order valence-corrected chi connectivity index (χ2v) is 4.27. The molecule has 2 nitrogen and oxygen atoms in total. The molecular weight excluding hydrogens is 124 g/mol. The monoisotopic (exact) mass is 135 g/mol. The van der Waals surface area contributed by atoms with E-state index < -0.39 is 9.84 Å². The van der Waals surface area contributed by atoms with Crippen molar-refractivity contribution in [1.29, 1.82) is 0 Å². The minimum Gasteiger partial charge on any atom is -0.229 e. The third-order valence-electron chi connectivity index (χ3n) is 1.24. The van der Waals surface area contributed by atoms with Gasteiger partial charge in [0.2, 0.25) is 0 Å². The summed E-state index contributed by atoms with van der Waals surface area (Å²) in [4.78, 5) is 0. The molecule has 1 aliphatic heterocycles. The highest BCUT2D eigenvalue weighted by atomic mass is 32.2. The second-order valence-electron chi connectivity index (χ2n) is 2.05. The minimum atomic E-state index is -2.82. The SMILES string of the molecule is [2H]C1CCCS(=O)(=O)C1. The molecule has 0 aromatic rings. The molecular formula is C5H10O2S. The summed E-state index contributed by atoms with van der Waals surface area (Å²) in [5.74, 6) is 0.370. The van der Waals surface area contributed by atoms with Crippen LogP contribution in [0, 0.1) is 0 Å². The van der Waals surface area contributed by atoms with Crippen LogP contribution in [0.3, 0.4) is 0 Å². The highest BCUT2D eigenvalue weighted by molar-refractivity contribution is 7.91. The smallest absolute Gasteiger partial charge is 0.150 e. The fourth-order valence-corrected chi connectivity index (χ4v) is 2.09. The van der Waals surface area contributed by atoms with Gasteiger partial charge in [0, 0.05) is 1.37 Å². The van der Waals surface area contributed by atoms with E-state index in [2.05, 4.69) is 0 Å². The molecule has 0 radical (unpaired) electrons. The van der Waals surface area contributed by atoms with Crippen LogP contribution >= 0.6 is 0 Å². The Morgan fingerprint density at radius 3 is 2.38 bits per heavy atom. The molecule has 0 saturated carbocycles. The Labute approximate surface area is 51.2 Å². The normalized spacial score (nSPS) is 38.5. The molecule has 1 heterocycles. The van der Waals surface area contributed by atoms with Gasteiger partial charge >= 0.3 is 0 Å². The van der Waals surface area contributed by atoms with Crippen LogP contribution < -0.4 is 0 Å². The lowest BCUT2D eigenvalue weighted by Gasteiger charge is -2.08. The highest BCUT2D eigenvalue weighted by Gasteiger charge is 2.14. The van der Waals surface area contributed by atoms with E-state index in [9.17, 15) is 8.42 Å². The Kier molecular flexibility index (Phi) is 1.23. The Morgan fingerprint density at radius 2 is 2.00 bits per heavy atom. The molecule has 0 bridgehead atoms. The van der Waals surface area contributed by atoms with Gasteiger partial charge in [-0.05, 0) is 12.8 Å². The fourth-order valence-electron chi connectivity index (χ4n) is 0.794. The maximum atomic E-state index is 10.7. The molecule has 1 saturated heterocycles. The third-order valence-corrected chi connectivity index (χ3v) is 2.89. The van der Waals surface area contributed by atoms with Gasteiger partial charge in [0.05, 0.1) is 11.5 Å². The summed E-state index contributed by atoms with van der Waals surface area (Å²) in [6.45, 7) is 0. The van der Waals surface area contributed by atoms with Crippen molar-refractivity contribution in [2.24, 2.45) is 0 Å². The van der Waals surface area contributed by atoms with Gasteiger partial charge in [-0.1, -0.05) is 6.42 Å². The first-order valence-electron chi connectivity index (χ1n) is 3.30. The van der Waals surface area contributed by atoms with E-state index in [0.717, 1.165) is 6.42 Å². The highest BCUT2D eigenvalue weighted by Crippen LogP contribution is 2.09. The van der Waals surface area contributed by atoms with E-state index >= 15 is 0 Å². The van der Waals surface area contributed by atoms with Crippen molar-refractivity contribution in [3.8, 4) is 0 Å². The summed E-state index contributed by atoms with van der Waals surface area (Å²) in [6.07, 6.45) is 1.07. The summed E-state index contributed by atoms with van der Waals surface area (Å²) < 4.78 is 28.6. The molecule has 1 fully saturated rings. The maximum Gasteiger partial charge on any atom is 0.150 e. The average Bonchev–Trinajstić information content (AvgIpc) is 1.60. The molecule has 0 spiro atoms. The zero-order valence-electron chi connectivity index (χ0n) is 5.63. The van der Waals surface area contributed by atoms with E-state index in [-0.39, 0.29) is 12.1 Å². The zero-order chi connectivity index (χ0) is 6.91. The van der Waals surface area contributed by atoms with Gasteiger partial charge in [0.15, 0.2) is 0 Å². The third kappa shape index (κ3) is 1.47. The summed E-state index contributed by atoms with van der Waals surface area (Å²) >= 11 is 0. The molecule has 0 aromatic carbocycles. The molecule has 0 aliphatic carbocycles. The lowest BCUT2D eigenvalue weighted by Crippen LogP contribution is -2.15. The Bertz CT molecular complexity index is 185. The van der Waals surface area contributed by atoms with E-state index in [1.54, 1.807) is 0 Å². The Hall–Kier alpha value is -0.0500. The van der Waals surface area contributed by atoms with Gasteiger partial charge in [-0.2, -0.15) is 0 Å². The molecule has 1 aliphatic rings. The lowest BCUT2D eigenvalue weighted by atomic mass is 10.3. The molecule has 0 aromatic heterocycles. The van der Waals surface area contributed by atoms with Gasteiger partial charge in [0.1, 0.15) is 9.84 Å². The number of hydrogen-bond acceptors (Lipinski definition) is 2. The average molecular weight is 135 g/mol. The number of sulfone groups is 1. The molecule has 8 heavy (non-hydrogen) atoms. The number of hydrogen-bond donors (Lipinski definition) is 0. The van der Waals surface area contributed by atoms with Crippen LogP contribution in [0.5, 0.6) is 0 Å². The van der Waals surface area contributed by atoms with Crippen LogP contribution in [-0.2, 0) is 9.84 Å². The van der Waals surface area contributed by atoms with Crippen LogP contribution in [0.2, 0.25) is 0 Å². The summed E-state index contributed by atoms with van der Waals surface area (Å²) in [6, 6.07) is 0. The fraction of sp³-hybridized carbons (Fsp3) is 1.00. The van der Waals surface area contributed by atoms with Gasteiger partial charge in [0.25, 0.3) is 0 Å². The summed E-state index contributed by atoms with van der Waals surface area (Å²) in [7, 11) is -2.82. The van der Waals surface area contributed by atoms with Crippen molar-refractivity contribution in [2.45, 2.75) is 19.2 Å². The minimum absolute atomic E-state index is 0.0764. The number of rotatable bonds is 0. The topological polar surface area (TPSA) is 34.1 Å². The van der Waals surface area contributed by atoms with Gasteiger partial charge in [-0.15, -0.1) is 0 Å². The lowest BCUT2D eigenvalue weighted by molar-refractivity contribution is 0.575. The van der Waals surface area contributed by atoms with Crippen molar-refractivity contribution in [2.75, 3.05) is 11.5 Å². The van der Waals surface area contributed by atoms with Crippen LogP contribution in [0.1, 0.15) is 20.6 Å². The summed E-state index contributed by atoms with van der Waals surface area (Å²) in [5, 5.41) is 0. The predicted octanol–water partition coefficient (Wildman–Crippen LogP) is 0.585. The van der Waals surface area contributed by atoms with Crippen LogP contribution in [0.15, 0.2) is 0 Å². The van der Waals surface area contributed by atoms with Crippen LogP contribution in [0.4, 0.5) is 0 Å². The van der Waals surface area contributed by atoms with Crippen molar-refractivity contribution in [3.63, 3.8) is 0 Å². The largest absolute Gasteiger partial charge is 0.229 e. The molecule has 0 amide bonds. The van der Waals surface area contributed by atoms with Crippen LogP contribution in [-0.4, -0.2) is 19.9 Å². The Morgan fingerprint density at radius 1 is 1.25 bits per heavy atom. The van der Waals surface area contributed by atoms with Gasteiger partial charge < -0.3 is 0 Å². The second kappa shape index (κ2) is 2.05. The predicted molar refractivity (Wildman–Crippen MR) is 32.5 cm³/mol. The summed E-state index contributed by atoms with van der Waals surface area (Å²) in [5.41, 5.74) is 0. The van der Waals surface area contributed by atoms with E-state index in [0.29, 0.717) is 12.2 Å². The molecule has 0 N–H and O–H groups in total. The van der Waals surface area contributed by atoms with Crippen molar-refractivity contribution < 1.29 is 9.79 Å². The van der Waals surface area contributed by atoms with Crippen molar-refractivity contribution in [1.82, 2.24) is 0 Å². The van der Waals surface area contributed by atoms with Crippen molar-refractivity contribution >= 4 is 9.84 Å². The first kappa shape index (κ1) is 4.79. The zero-order valence-corrected chi connectivity index (χ0v) is 5.45. The first-order chi connectivity index (χ1) is 4.10. The standard InChI is InChI=1S/C5H10O2S/c6-8(7)4-2-1-3-5-8/h1-5H2/i2D. The maximum absolute atomic E-state index is 10.7.